The van der Waals surface area contributed by atoms with Crippen LogP contribution in [0.4, 0.5) is 0 Å². The van der Waals surface area contributed by atoms with Crippen LogP contribution in [0.1, 0.15) is 67.7 Å². The minimum Gasteiger partial charge on any atom is -0.333 e. The first-order valence-electron chi connectivity index (χ1n) is 10.7. The van der Waals surface area contributed by atoms with Gasteiger partial charge in [-0.3, -0.25) is 19.5 Å². The van der Waals surface area contributed by atoms with E-state index in [0.717, 1.165) is 56.6 Å². The second-order valence-electron chi connectivity index (χ2n) is 8.04. The van der Waals surface area contributed by atoms with E-state index in [1.807, 2.05) is 24.0 Å². The molecule has 1 saturated heterocycles. The van der Waals surface area contributed by atoms with E-state index >= 15 is 0 Å². The third kappa shape index (κ3) is 4.40. The summed E-state index contributed by atoms with van der Waals surface area (Å²) >= 11 is 0. The van der Waals surface area contributed by atoms with E-state index in [9.17, 15) is 9.59 Å². The molecule has 1 fully saturated rings. The highest BCUT2D eigenvalue weighted by Gasteiger charge is 2.31. The van der Waals surface area contributed by atoms with Crippen molar-refractivity contribution in [2.45, 2.75) is 64.6 Å². The van der Waals surface area contributed by atoms with Crippen LogP contribution in [0, 0.1) is 0 Å². The van der Waals surface area contributed by atoms with E-state index in [1.165, 1.54) is 5.56 Å². The van der Waals surface area contributed by atoms with Crippen LogP contribution in [0.15, 0.2) is 29.3 Å². The molecule has 1 N–H and O–H groups in total. The molecule has 29 heavy (non-hydrogen) atoms. The smallest absolute Gasteiger partial charge is 0.254 e. The first-order chi connectivity index (χ1) is 14.2. The quantitative estimate of drug-likeness (QED) is 0.841. The highest BCUT2D eigenvalue weighted by atomic mass is 16.2. The number of amides is 1. The van der Waals surface area contributed by atoms with Crippen molar-refractivity contribution in [1.82, 2.24) is 24.8 Å². The molecular formula is C22H29N5O2. The average Bonchev–Trinajstić information content (AvgIpc) is 2.74. The van der Waals surface area contributed by atoms with Crippen LogP contribution in [0.5, 0.6) is 0 Å². The molecular weight excluding hydrogens is 366 g/mol. The number of carbonyl (C=O) groups excluding carboxylic acids is 1. The van der Waals surface area contributed by atoms with Crippen molar-refractivity contribution >= 4 is 5.91 Å². The lowest BCUT2D eigenvalue weighted by molar-refractivity contribution is -0.135. The highest BCUT2D eigenvalue weighted by molar-refractivity contribution is 5.76. The minimum absolute atomic E-state index is 0.0398. The maximum Gasteiger partial charge on any atom is 0.254 e. The number of H-pyrrole nitrogens is 1. The minimum atomic E-state index is -0.114. The molecule has 4 heterocycles. The summed E-state index contributed by atoms with van der Waals surface area (Å²) in [6, 6.07) is 3.92. The maximum atomic E-state index is 12.8. The molecule has 0 aromatic carbocycles. The van der Waals surface area contributed by atoms with E-state index < -0.39 is 0 Å². The molecule has 2 aliphatic heterocycles. The van der Waals surface area contributed by atoms with E-state index in [1.54, 1.807) is 12.4 Å². The van der Waals surface area contributed by atoms with Crippen LogP contribution in [-0.2, 0) is 24.3 Å². The lowest BCUT2D eigenvalue weighted by Crippen LogP contribution is -2.41. The summed E-state index contributed by atoms with van der Waals surface area (Å²) in [5.74, 6) is 0.820. The van der Waals surface area contributed by atoms with Crippen molar-refractivity contribution < 1.29 is 4.79 Å². The van der Waals surface area contributed by atoms with Gasteiger partial charge in [0.1, 0.15) is 5.82 Å². The molecule has 1 atom stereocenters. The van der Waals surface area contributed by atoms with Gasteiger partial charge in [-0.15, -0.1) is 0 Å². The molecule has 0 saturated carbocycles. The van der Waals surface area contributed by atoms with Gasteiger partial charge in [-0.05, 0) is 49.8 Å². The zero-order valence-electron chi connectivity index (χ0n) is 17.1. The number of nitrogens with one attached hydrogen (secondary N) is 1. The van der Waals surface area contributed by atoms with Gasteiger partial charge in [0.05, 0.1) is 11.7 Å². The number of rotatable bonds is 5. The summed E-state index contributed by atoms with van der Waals surface area (Å²) in [5.41, 5.74) is 2.82. The third-order valence-corrected chi connectivity index (χ3v) is 5.93. The molecule has 2 aromatic rings. The van der Waals surface area contributed by atoms with Crippen LogP contribution in [0.3, 0.4) is 0 Å². The Morgan fingerprint density at radius 3 is 2.86 bits per heavy atom. The molecule has 0 aliphatic carbocycles. The van der Waals surface area contributed by atoms with Gasteiger partial charge in [-0.25, -0.2) is 4.98 Å². The molecule has 7 nitrogen and oxygen atoms in total. The van der Waals surface area contributed by atoms with Crippen LogP contribution >= 0.6 is 0 Å². The Morgan fingerprint density at radius 2 is 2.07 bits per heavy atom. The van der Waals surface area contributed by atoms with Gasteiger partial charge in [-0.2, -0.15) is 0 Å². The highest BCUT2D eigenvalue weighted by Crippen LogP contribution is 2.30. The zero-order valence-corrected chi connectivity index (χ0v) is 17.1. The third-order valence-electron chi connectivity index (χ3n) is 5.93. The monoisotopic (exact) mass is 395 g/mol. The first-order valence-corrected chi connectivity index (χ1v) is 10.7. The summed E-state index contributed by atoms with van der Waals surface area (Å²) in [6.45, 7) is 5.08. The van der Waals surface area contributed by atoms with Crippen molar-refractivity contribution in [1.29, 1.82) is 0 Å². The van der Waals surface area contributed by atoms with Gasteiger partial charge in [0.15, 0.2) is 0 Å². The Kier molecular flexibility index (Phi) is 6.04. The maximum absolute atomic E-state index is 12.8. The van der Waals surface area contributed by atoms with Crippen molar-refractivity contribution in [3.05, 3.63) is 57.5 Å². The lowest BCUT2D eigenvalue weighted by Gasteiger charge is -2.36. The second-order valence-corrected chi connectivity index (χ2v) is 8.04. The van der Waals surface area contributed by atoms with Crippen LogP contribution in [0.25, 0.3) is 0 Å². The number of pyridine rings is 1. The van der Waals surface area contributed by atoms with E-state index in [0.29, 0.717) is 25.2 Å². The first kappa shape index (κ1) is 19.8. The Morgan fingerprint density at radius 1 is 1.24 bits per heavy atom. The van der Waals surface area contributed by atoms with Crippen molar-refractivity contribution in [2.24, 2.45) is 0 Å². The Hall–Kier alpha value is -2.54. The topological polar surface area (TPSA) is 82.2 Å². The number of fused-ring (bicyclic) bond motifs is 1. The average molecular weight is 396 g/mol. The normalized spacial score (nSPS) is 19.8. The lowest BCUT2D eigenvalue weighted by atomic mass is 9.99. The standard InChI is InChI=1S/C22H29N5O2/c1-2-5-20(28)27-12-4-3-6-19(27)21-24-18-15-26(13-9-17(18)22(29)25-21)14-16-7-10-23-11-8-16/h7-8,10-11,19H,2-6,9,12-15H2,1H3,(H,24,25,29)/t19-/m1/s1. The van der Waals surface area contributed by atoms with Crippen molar-refractivity contribution in [2.75, 3.05) is 13.1 Å². The van der Waals surface area contributed by atoms with Crippen molar-refractivity contribution in [3.8, 4) is 0 Å². The Balaban J connectivity index is 1.57. The number of aromatic nitrogens is 3. The number of hydrogen-bond donors (Lipinski definition) is 1. The molecule has 154 valence electrons. The second kappa shape index (κ2) is 8.86. The fraction of sp³-hybridized carbons (Fsp3) is 0.545. The van der Waals surface area contributed by atoms with Gasteiger partial charge in [0.2, 0.25) is 5.91 Å². The molecule has 2 aromatic heterocycles. The number of hydrogen-bond acceptors (Lipinski definition) is 5. The molecule has 4 rings (SSSR count). The van der Waals surface area contributed by atoms with E-state index in [4.69, 9.17) is 4.98 Å². The molecule has 1 amide bonds. The predicted octanol–water partition coefficient (Wildman–Crippen LogP) is 2.58. The van der Waals surface area contributed by atoms with Gasteiger partial charge >= 0.3 is 0 Å². The summed E-state index contributed by atoms with van der Waals surface area (Å²) < 4.78 is 0. The van der Waals surface area contributed by atoms with Gasteiger partial charge in [-0.1, -0.05) is 6.92 Å². The predicted molar refractivity (Wildman–Crippen MR) is 110 cm³/mol. The summed E-state index contributed by atoms with van der Waals surface area (Å²) in [7, 11) is 0. The fourth-order valence-electron chi connectivity index (χ4n) is 4.42. The van der Waals surface area contributed by atoms with Crippen LogP contribution in [-0.4, -0.2) is 43.7 Å². The summed E-state index contributed by atoms with van der Waals surface area (Å²) in [4.78, 5) is 41.6. The van der Waals surface area contributed by atoms with Crippen molar-refractivity contribution in [3.63, 3.8) is 0 Å². The molecule has 0 spiro atoms. The molecule has 0 radical (unpaired) electrons. The summed E-state index contributed by atoms with van der Waals surface area (Å²) in [6.07, 6.45) is 8.62. The Labute approximate surface area is 171 Å². The number of piperidine rings is 1. The largest absolute Gasteiger partial charge is 0.333 e. The van der Waals surface area contributed by atoms with Gasteiger partial charge < -0.3 is 9.88 Å². The number of nitrogens with zero attached hydrogens (tertiary/aromatic N) is 4. The zero-order chi connectivity index (χ0) is 20.2. The molecule has 0 unspecified atom stereocenters. The van der Waals surface area contributed by atoms with E-state index in [2.05, 4.69) is 14.9 Å². The van der Waals surface area contributed by atoms with Gasteiger partial charge in [0.25, 0.3) is 5.56 Å². The number of carbonyl (C=O) groups is 1. The van der Waals surface area contributed by atoms with Crippen LogP contribution in [0.2, 0.25) is 0 Å². The Bertz CT molecular complexity index is 911. The molecule has 2 aliphatic rings. The number of likely N-dealkylation sites (tertiary alicyclic amines) is 1. The SMILES string of the molecule is CCCC(=O)N1CCCC[C@@H]1c1nc2c(c(=O)[nH]1)CCN(Cc1ccncc1)C2. The molecule has 0 bridgehead atoms. The summed E-state index contributed by atoms with van der Waals surface area (Å²) in [5, 5.41) is 0. The molecule has 7 heteroatoms. The number of aromatic amines is 1. The van der Waals surface area contributed by atoms with Crippen LogP contribution < -0.4 is 5.56 Å². The fourth-order valence-corrected chi connectivity index (χ4v) is 4.42. The van der Waals surface area contributed by atoms with E-state index in [-0.39, 0.29) is 17.5 Å². The van der Waals surface area contributed by atoms with Gasteiger partial charge in [0, 0.05) is 50.6 Å².